The first-order valence-electron chi connectivity index (χ1n) is 10.1. The summed E-state index contributed by atoms with van der Waals surface area (Å²) in [4.78, 5) is 4.94. The van der Waals surface area contributed by atoms with Crippen LogP contribution in [-0.4, -0.2) is 16.7 Å². The Morgan fingerprint density at radius 1 is 0.700 bits per heavy atom. The second-order valence-corrected chi connectivity index (χ2v) is 7.31. The van der Waals surface area contributed by atoms with Crippen LogP contribution in [0.4, 0.5) is 0 Å². The molecule has 3 heteroatoms. The van der Waals surface area contributed by atoms with Crippen LogP contribution in [0.2, 0.25) is 0 Å². The monoisotopic (exact) mass is 390 g/mol. The van der Waals surface area contributed by atoms with E-state index >= 15 is 0 Å². The number of ether oxygens (including phenoxy) is 1. The Kier molecular flexibility index (Phi) is 4.78. The summed E-state index contributed by atoms with van der Waals surface area (Å²) in [5, 5.41) is 0. The minimum absolute atomic E-state index is 0.753. The van der Waals surface area contributed by atoms with Gasteiger partial charge in [0.15, 0.2) is 0 Å². The van der Waals surface area contributed by atoms with Crippen LogP contribution in [0.25, 0.3) is 33.5 Å². The first-order chi connectivity index (χ1) is 14.8. The maximum atomic E-state index is 5.32. The van der Waals surface area contributed by atoms with Crippen molar-refractivity contribution in [2.45, 2.75) is 6.54 Å². The molecule has 3 nitrogen and oxygen atoms in total. The first kappa shape index (κ1) is 18.2. The summed E-state index contributed by atoms with van der Waals surface area (Å²) >= 11 is 0. The lowest BCUT2D eigenvalue weighted by atomic mass is 10.0. The molecular weight excluding hydrogens is 368 g/mol. The molecule has 0 aliphatic rings. The van der Waals surface area contributed by atoms with Crippen molar-refractivity contribution >= 4 is 11.0 Å². The fourth-order valence-electron chi connectivity index (χ4n) is 3.86. The number of methoxy groups -OCH3 is 1. The van der Waals surface area contributed by atoms with Crippen molar-refractivity contribution in [1.29, 1.82) is 0 Å². The molecule has 4 aromatic carbocycles. The minimum Gasteiger partial charge on any atom is -0.497 e. The van der Waals surface area contributed by atoms with Gasteiger partial charge in [-0.1, -0.05) is 60.7 Å². The number of aromatic nitrogens is 2. The number of benzene rings is 4. The van der Waals surface area contributed by atoms with E-state index in [2.05, 4.69) is 83.4 Å². The van der Waals surface area contributed by atoms with Gasteiger partial charge >= 0.3 is 0 Å². The molecule has 146 valence electrons. The predicted octanol–water partition coefficient (Wildman–Crippen LogP) is 6.43. The molecular formula is C27H22N2O. The minimum atomic E-state index is 0.753. The lowest BCUT2D eigenvalue weighted by molar-refractivity contribution is 0.415. The van der Waals surface area contributed by atoms with Gasteiger partial charge in [-0.05, 0) is 59.2 Å². The lowest BCUT2D eigenvalue weighted by Crippen LogP contribution is -2.02. The summed E-state index contributed by atoms with van der Waals surface area (Å²) in [6, 6.07) is 35.6. The third-order valence-corrected chi connectivity index (χ3v) is 5.38. The molecule has 30 heavy (non-hydrogen) atoms. The van der Waals surface area contributed by atoms with Gasteiger partial charge in [0.25, 0.3) is 0 Å². The molecule has 0 amide bonds. The summed E-state index contributed by atoms with van der Waals surface area (Å²) in [5.41, 5.74) is 6.91. The molecule has 0 aliphatic heterocycles. The Hall–Kier alpha value is -3.85. The molecule has 1 aromatic heterocycles. The van der Waals surface area contributed by atoms with Crippen molar-refractivity contribution in [3.8, 4) is 28.3 Å². The smallest absolute Gasteiger partial charge is 0.141 e. The molecule has 0 unspecified atom stereocenters. The topological polar surface area (TPSA) is 27.1 Å². The summed E-state index contributed by atoms with van der Waals surface area (Å²) in [5.74, 6) is 1.81. The molecule has 5 aromatic rings. The van der Waals surface area contributed by atoms with Crippen molar-refractivity contribution in [3.63, 3.8) is 0 Å². The van der Waals surface area contributed by atoms with Gasteiger partial charge in [-0.15, -0.1) is 0 Å². The third-order valence-electron chi connectivity index (χ3n) is 5.38. The molecule has 5 rings (SSSR count). The molecule has 0 spiro atoms. The Labute approximate surface area is 176 Å². The van der Waals surface area contributed by atoms with Crippen LogP contribution in [0.5, 0.6) is 5.75 Å². The number of rotatable bonds is 5. The van der Waals surface area contributed by atoms with E-state index < -0.39 is 0 Å². The summed E-state index contributed by atoms with van der Waals surface area (Å²) in [6.07, 6.45) is 0. The Balaban J connectivity index is 1.59. The van der Waals surface area contributed by atoms with Crippen molar-refractivity contribution in [2.24, 2.45) is 0 Å². The molecule has 0 bridgehead atoms. The average Bonchev–Trinajstić information content (AvgIpc) is 3.18. The van der Waals surface area contributed by atoms with Crippen LogP contribution in [0.15, 0.2) is 103 Å². The fourth-order valence-corrected chi connectivity index (χ4v) is 3.86. The van der Waals surface area contributed by atoms with E-state index in [9.17, 15) is 0 Å². The predicted molar refractivity (Wildman–Crippen MR) is 123 cm³/mol. The number of hydrogen-bond acceptors (Lipinski definition) is 2. The summed E-state index contributed by atoms with van der Waals surface area (Å²) in [6.45, 7) is 0.753. The van der Waals surface area contributed by atoms with E-state index in [4.69, 9.17) is 9.72 Å². The number of fused-ring (bicyclic) bond motifs is 1. The van der Waals surface area contributed by atoms with Gasteiger partial charge in [0, 0.05) is 12.1 Å². The SMILES string of the molecule is COc1ccc(-c2nc3ccccc3n2Cc2cccc(-c3ccccc3)c2)cc1. The van der Waals surface area contributed by atoms with Gasteiger partial charge < -0.3 is 9.30 Å². The highest BCUT2D eigenvalue weighted by molar-refractivity contribution is 5.81. The van der Waals surface area contributed by atoms with E-state index in [1.807, 2.05) is 24.3 Å². The zero-order chi connectivity index (χ0) is 20.3. The zero-order valence-electron chi connectivity index (χ0n) is 16.8. The maximum Gasteiger partial charge on any atom is 0.141 e. The van der Waals surface area contributed by atoms with Crippen LogP contribution in [-0.2, 0) is 6.54 Å². The average molecular weight is 390 g/mol. The standard InChI is InChI=1S/C27H22N2O/c1-30-24-16-14-22(15-17-24)27-28-25-12-5-6-13-26(25)29(27)19-20-8-7-11-23(18-20)21-9-3-2-4-10-21/h2-18H,19H2,1H3. The van der Waals surface area contributed by atoms with Crippen molar-refractivity contribution in [3.05, 3.63) is 109 Å². The molecule has 0 N–H and O–H groups in total. The Morgan fingerprint density at radius 2 is 1.43 bits per heavy atom. The van der Waals surface area contributed by atoms with Gasteiger partial charge in [-0.25, -0.2) is 4.98 Å². The molecule has 0 fully saturated rings. The molecule has 1 heterocycles. The van der Waals surface area contributed by atoms with Gasteiger partial charge in [0.1, 0.15) is 11.6 Å². The van der Waals surface area contributed by atoms with Crippen LogP contribution in [0.3, 0.4) is 0 Å². The largest absolute Gasteiger partial charge is 0.497 e. The maximum absolute atomic E-state index is 5.32. The van der Waals surface area contributed by atoms with Crippen molar-refractivity contribution in [1.82, 2.24) is 9.55 Å². The van der Waals surface area contributed by atoms with E-state index in [0.29, 0.717) is 0 Å². The molecule has 0 saturated carbocycles. The van der Waals surface area contributed by atoms with E-state index in [-0.39, 0.29) is 0 Å². The van der Waals surface area contributed by atoms with Crippen LogP contribution < -0.4 is 4.74 Å². The van der Waals surface area contributed by atoms with Gasteiger partial charge in [0.05, 0.1) is 18.1 Å². The Morgan fingerprint density at radius 3 is 2.23 bits per heavy atom. The summed E-state index contributed by atoms with van der Waals surface area (Å²) in [7, 11) is 1.68. The highest BCUT2D eigenvalue weighted by Crippen LogP contribution is 2.28. The van der Waals surface area contributed by atoms with Gasteiger partial charge in [-0.3, -0.25) is 0 Å². The molecule has 0 radical (unpaired) electrons. The highest BCUT2D eigenvalue weighted by atomic mass is 16.5. The van der Waals surface area contributed by atoms with E-state index in [1.165, 1.54) is 16.7 Å². The fraction of sp³-hybridized carbons (Fsp3) is 0.0741. The highest BCUT2D eigenvalue weighted by Gasteiger charge is 2.13. The van der Waals surface area contributed by atoms with E-state index in [0.717, 1.165) is 34.7 Å². The number of para-hydroxylation sites is 2. The van der Waals surface area contributed by atoms with Crippen molar-refractivity contribution in [2.75, 3.05) is 7.11 Å². The second-order valence-electron chi connectivity index (χ2n) is 7.31. The zero-order valence-corrected chi connectivity index (χ0v) is 16.8. The molecule has 0 aliphatic carbocycles. The molecule has 0 atom stereocenters. The van der Waals surface area contributed by atoms with Gasteiger partial charge in [0.2, 0.25) is 0 Å². The number of nitrogens with zero attached hydrogens (tertiary/aromatic N) is 2. The van der Waals surface area contributed by atoms with Crippen LogP contribution >= 0.6 is 0 Å². The van der Waals surface area contributed by atoms with E-state index in [1.54, 1.807) is 7.11 Å². The first-order valence-corrected chi connectivity index (χ1v) is 10.1. The second kappa shape index (κ2) is 7.88. The van der Waals surface area contributed by atoms with Crippen molar-refractivity contribution < 1.29 is 4.74 Å². The quantitative estimate of drug-likeness (QED) is 0.346. The Bertz CT molecular complexity index is 1290. The van der Waals surface area contributed by atoms with Crippen LogP contribution in [0, 0.1) is 0 Å². The number of hydrogen-bond donors (Lipinski definition) is 0. The van der Waals surface area contributed by atoms with Crippen LogP contribution in [0.1, 0.15) is 5.56 Å². The third kappa shape index (κ3) is 3.46. The summed E-state index contributed by atoms with van der Waals surface area (Å²) < 4.78 is 7.61. The number of imidazole rings is 1. The molecule has 0 saturated heterocycles. The normalized spacial score (nSPS) is 11.0. The van der Waals surface area contributed by atoms with Gasteiger partial charge in [-0.2, -0.15) is 0 Å². The lowest BCUT2D eigenvalue weighted by Gasteiger charge is -2.11.